The minimum Gasteiger partial charge on any atom is -0.325 e. The summed E-state index contributed by atoms with van der Waals surface area (Å²) in [4.78, 5) is 16.8. The van der Waals surface area contributed by atoms with Crippen molar-refractivity contribution in [1.82, 2.24) is 4.98 Å². The number of nitrogens with one attached hydrogen (secondary N) is 1. The Bertz CT molecular complexity index is 1040. The van der Waals surface area contributed by atoms with Crippen LogP contribution >= 0.6 is 23.4 Å². The Morgan fingerprint density at radius 3 is 2.73 bits per heavy atom. The molecule has 3 rings (SSSR count). The largest absolute Gasteiger partial charge is 0.325 e. The third-order valence-electron chi connectivity index (χ3n) is 3.96. The van der Waals surface area contributed by atoms with Crippen LogP contribution in [0.15, 0.2) is 47.5 Å². The topological polar surface area (TPSA) is 65.8 Å². The fraction of sp³-hybridized carbons (Fsp3) is 0.150. The number of halogens is 1. The van der Waals surface area contributed by atoms with Crippen molar-refractivity contribution in [1.29, 1.82) is 5.26 Å². The predicted octanol–water partition coefficient (Wildman–Crippen LogP) is 5.11. The number of hydrogen-bond donors (Lipinski definition) is 1. The molecular weight excluding hydrogens is 366 g/mol. The first-order chi connectivity index (χ1) is 12.5. The summed E-state index contributed by atoms with van der Waals surface area (Å²) in [5.74, 6) is -0.0204. The van der Waals surface area contributed by atoms with Gasteiger partial charge in [0.15, 0.2) is 0 Å². The van der Waals surface area contributed by atoms with Gasteiger partial charge in [0.1, 0.15) is 11.1 Å². The van der Waals surface area contributed by atoms with Gasteiger partial charge in [-0.25, -0.2) is 4.98 Å². The van der Waals surface area contributed by atoms with E-state index in [1.165, 1.54) is 11.8 Å². The lowest BCUT2D eigenvalue weighted by Crippen LogP contribution is -2.14. The molecule has 0 aliphatic carbocycles. The molecule has 1 heterocycles. The number of amides is 1. The zero-order chi connectivity index (χ0) is 18.7. The van der Waals surface area contributed by atoms with Crippen molar-refractivity contribution >= 4 is 45.9 Å². The molecule has 130 valence electrons. The van der Waals surface area contributed by atoms with Crippen molar-refractivity contribution in [3.8, 4) is 6.07 Å². The average molecular weight is 382 g/mol. The zero-order valence-electron chi connectivity index (χ0n) is 14.3. The zero-order valence-corrected chi connectivity index (χ0v) is 15.9. The smallest absolute Gasteiger partial charge is 0.234 e. The lowest BCUT2D eigenvalue weighted by atomic mass is 10.1. The van der Waals surface area contributed by atoms with Gasteiger partial charge >= 0.3 is 0 Å². The van der Waals surface area contributed by atoms with E-state index in [-0.39, 0.29) is 11.7 Å². The number of aromatic nitrogens is 1. The maximum absolute atomic E-state index is 12.2. The second kappa shape index (κ2) is 7.77. The van der Waals surface area contributed by atoms with Crippen LogP contribution in [-0.2, 0) is 4.79 Å². The summed E-state index contributed by atoms with van der Waals surface area (Å²) in [6.45, 7) is 4.06. The molecule has 0 bridgehead atoms. The van der Waals surface area contributed by atoms with Crippen LogP contribution in [0.3, 0.4) is 0 Å². The molecule has 0 fully saturated rings. The van der Waals surface area contributed by atoms with Crippen molar-refractivity contribution in [2.75, 3.05) is 11.1 Å². The number of nitrogens with zero attached hydrogens (tertiary/aromatic N) is 2. The Morgan fingerprint density at radius 1 is 1.23 bits per heavy atom. The molecule has 0 radical (unpaired) electrons. The molecule has 1 N–H and O–H groups in total. The van der Waals surface area contributed by atoms with E-state index in [4.69, 9.17) is 11.6 Å². The number of fused-ring (bicyclic) bond motifs is 1. The molecular formula is C20H16ClN3OS. The van der Waals surface area contributed by atoms with Gasteiger partial charge in [-0.1, -0.05) is 29.4 Å². The molecule has 1 amide bonds. The molecule has 0 saturated carbocycles. The average Bonchev–Trinajstić information content (AvgIpc) is 2.60. The predicted molar refractivity (Wildman–Crippen MR) is 107 cm³/mol. The quantitative estimate of drug-likeness (QED) is 0.638. The van der Waals surface area contributed by atoms with E-state index in [0.717, 1.165) is 22.0 Å². The molecule has 0 saturated heterocycles. The number of carbonyl (C=O) groups is 1. The molecule has 0 aliphatic rings. The summed E-state index contributed by atoms with van der Waals surface area (Å²) in [6.07, 6.45) is 0. The van der Waals surface area contributed by atoms with Gasteiger partial charge in [0.05, 0.1) is 16.8 Å². The van der Waals surface area contributed by atoms with Crippen LogP contribution < -0.4 is 5.32 Å². The van der Waals surface area contributed by atoms with Gasteiger partial charge in [-0.2, -0.15) is 5.26 Å². The van der Waals surface area contributed by atoms with Gasteiger partial charge in [0.2, 0.25) is 5.91 Å². The van der Waals surface area contributed by atoms with Crippen molar-refractivity contribution in [2.24, 2.45) is 0 Å². The van der Waals surface area contributed by atoms with Crippen LogP contribution in [0.2, 0.25) is 5.02 Å². The standard InChI is InChI=1S/C20H16ClN3OS/c1-12-6-14-8-15(10-22)20(24-18(14)7-13(12)2)26-11-19(25)23-17-5-3-4-16(21)9-17/h3-9H,11H2,1-2H3,(H,23,25). The van der Waals surface area contributed by atoms with E-state index in [1.54, 1.807) is 24.3 Å². The van der Waals surface area contributed by atoms with Gasteiger partial charge in [-0.3, -0.25) is 4.79 Å². The van der Waals surface area contributed by atoms with E-state index >= 15 is 0 Å². The summed E-state index contributed by atoms with van der Waals surface area (Å²) in [7, 11) is 0. The Balaban J connectivity index is 1.78. The van der Waals surface area contributed by atoms with Gasteiger partial charge in [0.25, 0.3) is 0 Å². The number of benzene rings is 2. The lowest BCUT2D eigenvalue weighted by Gasteiger charge is -2.09. The molecule has 0 aliphatic heterocycles. The number of carbonyl (C=O) groups excluding carboxylic acids is 1. The molecule has 0 unspecified atom stereocenters. The first-order valence-corrected chi connectivity index (χ1v) is 9.33. The third kappa shape index (κ3) is 4.16. The molecule has 2 aromatic carbocycles. The van der Waals surface area contributed by atoms with Crippen LogP contribution in [0.25, 0.3) is 10.9 Å². The maximum atomic E-state index is 12.2. The minimum atomic E-state index is -0.178. The van der Waals surface area contributed by atoms with E-state index in [0.29, 0.717) is 21.3 Å². The van der Waals surface area contributed by atoms with Gasteiger partial charge in [-0.05, 0) is 61.4 Å². The highest BCUT2D eigenvalue weighted by molar-refractivity contribution is 8.00. The fourth-order valence-electron chi connectivity index (χ4n) is 2.51. The number of aryl methyl sites for hydroxylation is 2. The molecule has 1 aromatic heterocycles. The first-order valence-electron chi connectivity index (χ1n) is 7.96. The lowest BCUT2D eigenvalue weighted by molar-refractivity contribution is -0.113. The maximum Gasteiger partial charge on any atom is 0.234 e. The summed E-state index contributed by atoms with van der Waals surface area (Å²) in [5, 5.41) is 14.3. The van der Waals surface area contributed by atoms with Gasteiger partial charge in [-0.15, -0.1) is 0 Å². The van der Waals surface area contributed by atoms with Crippen LogP contribution in [0.5, 0.6) is 0 Å². The van der Waals surface area contributed by atoms with Crippen molar-refractivity contribution in [3.63, 3.8) is 0 Å². The Kier molecular flexibility index (Phi) is 5.46. The van der Waals surface area contributed by atoms with Gasteiger partial charge in [0, 0.05) is 16.1 Å². The Morgan fingerprint density at radius 2 is 2.00 bits per heavy atom. The number of pyridine rings is 1. The number of rotatable bonds is 4. The second-order valence-electron chi connectivity index (χ2n) is 5.93. The molecule has 0 atom stereocenters. The highest BCUT2D eigenvalue weighted by Crippen LogP contribution is 2.26. The van der Waals surface area contributed by atoms with E-state index in [2.05, 4.69) is 16.4 Å². The monoisotopic (exact) mass is 381 g/mol. The Labute approximate surface area is 161 Å². The van der Waals surface area contributed by atoms with Crippen LogP contribution in [0.4, 0.5) is 5.69 Å². The first kappa shape index (κ1) is 18.2. The molecule has 4 nitrogen and oxygen atoms in total. The molecule has 3 aromatic rings. The summed E-state index contributed by atoms with van der Waals surface area (Å²) >= 11 is 7.17. The summed E-state index contributed by atoms with van der Waals surface area (Å²) in [5.41, 5.74) is 4.24. The highest BCUT2D eigenvalue weighted by atomic mass is 35.5. The Hall–Kier alpha value is -2.55. The van der Waals surface area contributed by atoms with Crippen molar-refractivity contribution in [3.05, 3.63) is 64.2 Å². The van der Waals surface area contributed by atoms with Crippen molar-refractivity contribution in [2.45, 2.75) is 18.9 Å². The van der Waals surface area contributed by atoms with Crippen molar-refractivity contribution < 1.29 is 4.79 Å². The van der Waals surface area contributed by atoms with Crippen LogP contribution in [0, 0.1) is 25.2 Å². The fourth-order valence-corrected chi connectivity index (χ4v) is 3.46. The minimum absolute atomic E-state index is 0.157. The van der Waals surface area contributed by atoms with Gasteiger partial charge < -0.3 is 5.32 Å². The third-order valence-corrected chi connectivity index (χ3v) is 5.19. The number of nitriles is 1. The summed E-state index contributed by atoms with van der Waals surface area (Å²) in [6, 6.07) is 15.0. The van der Waals surface area contributed by atoms with Crippen LogP contribution in [0.1, 0.15) is 16.7 Å². The molecule has 6 heteroatoms. The number of anilines is 1. The second-order valence-corrected chi connectivity index (χ2v) is 7.33. The van der Waals surface area contributed by atoms with Crippen LogP contribution in [-0.4, -0.2) is 16.6 Å². The van der Waals surface area contributed by atoms with E-state index in [1.807, 2.05) is 32.0 Å². The molecule has 26 heavy (non-hydrogen) atoms. The van der Waals surface area contributed by atoms with E-state index in [9.17, 15) is 10.1 Å². The highest BCUT2D eigenvalue weighted by Gasteiger charge is 2.11. The number of thioether (sulfide) groups is 1. The van der Waals surface area contributed by atoms with E-state index < -0.39 is 0 Å². The normalized spacial score (nSPS) is 10.5. The SMILES string of the molecule is Cc1cc2cc(C#N)c(SCC(=O)Nc3cccc(Cl)c3)nc2cc1C. The molecule has 0 spiro atoms. The number of hydrogen-bond acceptors (Lipinski definition) is 4. The summed E-state index contributed by atoms with van der Waals surface area (Å²) < 4.78 is 0.